The largest absolute Gasteiger partial charge is 0.332 e. The molecule has 0 radical (unpaired) electrons. The zero-order valence-electron chi connectivity index (χ0n) is 16.9. The summed E-state index contributed by atoms with van der Waals surface area (Å²) in [5.41, 5.74) is -0.201. The Labute approximate surface area is 172 Å². The maximum absolute atomic E-state index is 12.5. The van der Waals surface area contributed by atoms with Crippen LogP contribution in [0.15, 0.2) is 31.8 Å². The van der Waals surface area contributed by atoms with E-state index in [2.05, 4.69) is 9.97 Å². The van der Waals surface area contributed by atoms with Crippen molar-refractivity contribution >= 4 is 34.1 Å². The molecular formula is C17H20N8O4S. The van der Waals surface area contributed by atoms with Gasteiger partial charge in [-0.05, 0) is 0 Å². The molecule has 0 aliphatic heterocycles. The number of aromatic nitrogens is 8. The Morgan fingerprint density at radius 1 is 0.733 bits per heavy atom. The van der Waals surface area contributed by atoms with Crippen molar-refractivity contribution in [3.8, 4) is 0 Å². The molecule has 0 aromatic carbocycles. The van der Waals surface area contributed by atoms with Crippen LogP contribution in [0.4, 0.5) is 0 Å². The molecule has 4 aromatic rings. The van der Waals surface area contributed by atoms with Gasteiger partial charge in [0.1, 0.15) is 0 Å². The van der Waals surface area contributed by atoms with E-state index in [0.29, 0.717) is 40.5 Å². The minimum absolute atomic E-state index is 0.341. The number of aryl methyl sites for hydroxylation is 3. The molecule has 13 heteroatoms. The highest BCUT2D eigenvalue weighted by Gasteiger charge is 2.15. The summed E-state index contributed by atoms with van der Waals surface area (Å²) in [6, 6.07) is 0. The van der Waals surface area contributed by atoms with Gasteiger partial charge in [0.15, 0.2) is 22.3 Å². The molecule has 0 aliphatic rings. The highest BCUT2D eigenvalue weighted by molar-refractivity contribution is 7.98. The van der Waals surface area contributed by atoms with Gasteiger partial charge >= 0.3 is 11.4 Å². The summed E-state index contributed by atoms with van der Waals surface area (Å²) in [7, 11) is 6.03. The van der Waals surface area contributed by atoms with Gasteiger partial charge in [-0.25, -0.2) is 19.6 Å². The van der Waals surface area contributed by atoms with Crippen LogP contribution in [-0.2, 0) is 40.6 Å². The van der Waals surface area contributed by atoms with Gasteiger partial charge in [-0.1, -0.05) is 0 Å². The molecule has 12 nitrogen and oxygen atoms in total. The Morgan fingerprint density at radius 2 is 1.20 bits per heavy atom. The molecule has 0 amide bonds. The summed E-state index contributed by atoms with van der Waals surface area (Å²) in [5, 5.41) is 0. The van der Waals surface area contributed by atoms with Crippen molar-refractivity contribution in [1.29, 1.82) is 0 Å². The molecule has 0 atom stereocenters. The summed E-state index contributed by atoms with van der Waals surface area (Å²) < 4.78 is 8.23. The van der Waals surface area contributed by atoms with Crippen molar-refractivity contribution in [2.45, 2.75) is 12.4 Å². The SMILES string of the molecule is Cn1c(=O)c2c(ncn2CCSCn2cnc3c2c(=O)n(C)c(=O)n3C)n(C)c1=O. The second-order valence-electron chi connectivity index (χ2n) is 6.95. The first-order valence-electron chi connectivity index (χ1n) is 9.03. The lowest BCUT2D eigenvalue weighted by Crippen LogP contribution is -2.37. The van der Waals surface area contributed by atoms with E-state index >= 15 is 0 Å². The van der Waals surface area contributed by atoms with E-state index in [0.717, 1.165) is 9.13 Å². The van der Waals surface area contributed by atoms with E-state index in [4.69, 9.17) is 0 Å². The maximum Gasteiger partial charge on any atom is 0.332 e. The van der Waals surface area contributed by atoms with Crippen molar-refractivity contribution in [2.24, 2.45) is 28.2 Å². The summed E-state index contributed by atoms with van der Waals surface area (Å²) in [5.74, 6) is 1.08. The molecule has 0 saturated heterocycles. The van der Waals surface area contributed by atoms with Crippen LogP contribution in [0.5, 0.6) is 0 Å². The molecule has 158 valence electrons. The number of fused-ring (bicyclic) bond motifs is 2. The molecule has 30 heavy (non-hydrogen) atoms. The zero-order chi connectivity index (χ0) is 21.7. The predicted octanol–water partition coefficient (Wildman–Crippen LogP) is -1.43. The van der Waals surface area contributed by atoms with Crippen LogP contribution in [-0.4, -0.2) is 43.1 Å². The molecule has 0 fully saturated rings. The molecule has 0 unspecified atom stereocenters. The second kappa shape index (κ2) is 7.16. The molecule has 0 spiro atoms. The Morgan fingerprint density at radius 3 is 1.73 bits per heavy atom. The predicted molar refractivity (Wildman–Crippen MR) is 113 cm³/mol. The number of nitrogens with zero attached hydrogens (tertiary/aromatic N) is 8. The maximum atomic E-state index is 12.5. The normalized spacial score (nSPS) is 11.7. The van der Waals surface area contributed by atoms with Gasteiger partial charge in [0, 0.05) is 40.5 Å². The third-order valence-corrected chi connectivity index (χ3v) is 6.07. The number of thioether (sulfide) groups is 1. The number of hydrogen-bond acceptors (Lipinski definition) is 7. The summed E-state index contributed by atoms with van der Waals surface area (Å²) in [6.45, 7) is 0.498. The van der Waals surface area contributed by atoms with Crippen LogP contribution in [0, 0.1) is 0 Å². The lowest BCUT2D eigenvalue weighted by Gasteiger charge is -2.08. The standard InChI is InChI=1S/C17H20N8O4S/c1-20-12-10(14(26)22(3)16(20)28)24(7-18-12)5-6-30-9-25-8-19-13-11(25)15(27)23(4)17(29)21(13)2/h7-8H,5-6,9H2,1-4H3. The average Bonchev–Trinajstić information content (AvgIpc) is 3.35. The van der Waals surface area contributed by atoms with E-state index in [1.54, 1.807) is 29.6 Å². The molecule has 0 bridgehead atoms. The van der Waals surface area contributed by atoms with Crippen LogP contribution >= 0.6 is 11.8 Å². The zero-order valence-corrected chi connectivity index (χ0v) is 17.7. The van der Waals surface area contributed by atoms with E-state index in [1.165, 1.54) is 41.3 Å². The summed E-state index contributed by atoms with van der Waals surface area (Å²) >= 11 is 1.54. The van der Waals surface area contributed by atoms with Crippen LogP contribution < -0.4 is 22.5 Å². The van der Waals surface area contributed by atoms with E-state index in [9.17, 15) is 19.2 Å². The van der Waals surface area contributed by atoms with Crippen LogP contribution in [0.1, 0.15) is 0 Å². The van der Waals surface area contributed by atoms with Crippen LogP contribution in [0.25, 0.3) is 22.3 Å². The fourth-order valence-electron chi connectivity index (χ4n) is 3.39. The molecule has 0 aliphatic carbocycles. The van der Waals surface area contributed by atoms with Crippen LogP contribution in [0.3, 0.4) is 0 Å². The van der Waals surface area contributed by atoms with Crippen molar-refractivity contribution < 1.29 is 0 Å². The first-order valence-corrected chi connectivity index (χ1v) is 10.2. The van der Waals surface area contributed by atoms with Gasteiger partial charge < -0.3 is 9.13 Å². The van der Waals surface area contributed by atoms with Crippen LogP contribution in [0.2, 0.25) is 0 Å². The van der Waals surface area contributed by atoms with E-state index in [1.807, 2.05) is 0 Å². The monoisotopic (exact) mass is 432 g/mol. The van der Waals surface area contributed by atoms with Gasteiger partial charge in [0.2, 0.25) is 0 Å². The smallest absolute Gasteiger partial charge is 0.324 e. The summed E-state index contributed by atoms with van der Waals surface area (Å²) in [4.78, 5) is 57.4. The highest BCUT2D eigenvalue weighted by atomic mass is 32.2. The fraction of sp³-hybridized carbons (Fsp3) is 0.412. The Hall–Kier alpha value is -3.35. The van der Waals surface area contributed by atoms with Gasteiger partial charge in [0.25, 0.3) is 11.1 Å². The molecule has 4 heterocycles. The highest BCUT2D eigenvalue weighted by Crippen LogP contribution is 2.13. The van der Waals surface area contributed by atoms with Crippen molar-refractivity contribution in [3.63, 3.8) is 0 Å². The number of hydrogen-bond donors (Lipinski definition) is 0. The third kappa shape index (κ3) is 2.84. The average molecular weight is 432 g/mol. The van der Waals surface area contributed by atoms with Gasteiger partial charge in [-0.3, -0.25) is 27.9 Å². The summed E-state index contributed by atoms with van der Waals surface area (Å²) in [6.07, 6.45) is 3.08. The Bertz CT molecular complexity index is 1410. The lowest BCUT2D eigenvalue weighted by atomic mass is 10.5. The first kappa shape index (κ1) is 19.9. The van der Waals surface area contributed by atoms with Gasteiger partial charge in [-0.15, -0.1) is 11.8 Å². The Balaban J connectivity index is 1.56. The Kier molecular flexibility index (Phi) is 4.76. The fourth-order valence-corrected chi connectivity index (χ4v) is 4.23. The molecular weight excluding hydrogens is 412 g/mol. The minimum Gasteiger partial charge on any atom is -0.324 e. The molecule has 4 rings (SSSR count). The van der Waals surface area contributed by atoms with Crippen molar-refractivity contribution in [1.82, 2.24) is 37.4 Å². The minimum atomic E-state index is -0.423. The first-order chi connectivity index (χ1) is 14.2. The number of imidazole rings is 2. The second-order valence-corrected chi connectivity index (χ2v) is 8.02. The van der Waals surface area contributed by atoms with Gasteiger partial charge in [-0.2, -0.15) is 0 Å². The van der Waals surface area contributed by atoms with Gasteiger partial charge in [0.05, 0.1) is 18.5 Å². The molecule has 4 aromatic heterocycles. The third-order valence-electron chi connectivity index (χ3n) is 5.14. The van der Waals surface area contributed by atoms with Crippen molar-refractivity contribution in [2.75, 3.05) is 5.75 Å². The van der Waals surface area contributed by atoms with Crippen molar-refractivity contribution in [3.05, 3.63) is 54.3 Å². The van der Waals surface area contributed by atoms with E-state index < -0.39 is 16.9 Å². The molecule has 0 N–H and O–H groups in total. The number of rotatable bonds is 5. The van der Waals surface area contributed by atoms with E-state index in [-0.39, 0.29) is 5.56 Å². The lowest BCUT2D eigenvalue weighted by molar-refractivity contribution is 0.700. The quantitative estimate of drug-likeness (QED) is 0.354. The molecule has 0 saturated carbocycles. The topological polar surface area (TPSA) is 124 Å².